The molecule has 0 unspecified atom stereocenters. The standard InChI is InChI=1S/C16H10F2N6/c17-16(18)13-9-19-8-12(23-13)11-5-14-10(6-21-11)7-22-24(14)15-3-1-2-4-20-15/h1-9,16H. The zero-order chi connectivity index (χ0) is 16.5. The van der Waals surface area contributed by atoms with Gasteiger partial charge >= 0.3 is 0 Å². The minimum atomic E-state index is -2.68. The van der Waals surface area contributed by atoms with E-state index in [0.717, 1.165) is 17.1 Å². The first-order valence-corrected chi connectivity index (χ1v) is 7.08. The number of halogens is 2. The Morgan fingerprint density at radius 2 is 1.88 bits per heavy atom. The monoisotopic (exact) mass is 324 g/mol. The van der Waals surface area contributed by atoms with Gasteiger partial charge in [0.05, 0.1) is 29.8 Å². The SMILES string of the molecule is FC(F)c1cncc(-c2cc3c(cn2)cnn3-c2ccccn2)n1. The van der Waals surface area contributed by atoms with Crippen LogP contribution in [0.3, 0.4) is 0 Å². The van der Waals surface area contributed by atoms with Gasteiger partial charge in [-0.1, -0.05) is 6.07 Å². The number of aromatic nitrogens is 6. The molecule has 0 fully saturated rings. The molecule has 0 aliphatic heterocycles. The van der Waals surface area contributed by atoms with E-state index in [1.165, 1.54) is 6.20 Å². The number of hydrogen-bond acceptors (Lipinski definition) is 5. The second-order valence-electron chi connectivity index (χ2n) is 5.00. The third-order valence-corrected chi connectivity index (χ3v) is 3.46. The van der Waals surface area contributed by atoms with Gasteiger partial charge in [-0.15, -0.1) is 0 Å². The third-order valence-electron chi connectivity index (χ3n) is 3.46. The van der Waals surface area contributed by atoms with Crippen molar-refractivity contribution < 1.29 is 8.78 Å². The number of fused-ring (bicyclic) bond motifs is 1. The number of nitrogens with zero attached hydrogens (tertiary/aromatic N) is 6. The van der Waals surface area contributed by atoms with Gasteiger partial charge in [-0.25, -0.2) is 23.4 Å². The molecule has 24 heavy (non-hydrogen) atoms. The molecule has 118 valence electrons. The second-order valence-corrected chi connectivity index (χ2v) is 5.00. The zero-order valence-corrected chi connectivity index (χ0v) is 12.2. The van der Waals surface area contributed by atoms with Crippen molar-refractivity contribution in [3.8, 4) is 17.2 Å². The van der Waals surface area contributed by atoms with Gasteiger partial charge < -0.3 is 0 Å². The van der Waals surface area contributed by atoms with Crippen LogP contribution in [-0.2, 0) is 0 Å². The molecule has 0 atom stereocenters. The van der Waals surface area contributed by atoms with E-state index in [2.05, 4.69) is 25.0 Å². The lowest BCUT2D eigenvalue weighted by atomic mass is 10.2. The Morgan fingerprint density at radius 3 is 2.67 bits per heavy atom. The Balaban J connectivity index is 1.85. The quantitative estimate of drug-likeness (QED) is 0.579. The first-order valence-electron chi connectivity index (χ1n) is 7.08. The molecule has 0 aliphatic rings. The van der Waals surface area contributed by atoms with E-state index in [1.54, 1.807) is 29.3 Å². The summed E-state index contributed by atoms with van der Waals surface area (Å²) >= 11 is 0. The fourth-order valence-electron chi connectivity index (χ4n) is 2.33. The molecular formula is C16H10F2N6. The van der Waals surface area contributed by atoms with Gasteiger partial charge in [-0.05, 0) is 18.2 Å². The maximum absolute atomic E-state index is 12.8. The van der Waals surface area contributed by atoms with Crippen LogP contribution in [0.1, 0.15) is 12.1 Å². The van der Waals surface area contributed by atoms with Gasteiger partial charge in [0.1, 0.15) is 11.4 Å². The van der Waals surface area contributed by atoms with Gasteiger partial charge in [0.15, 0.2) is 5.82 Å². The Morgan fingerprint density at radius 1 is 0.958 bits per heavy atom. The van der Waals surface area contributed by atoms with Crippen LogP contribution in [0.2, 0.25) is 0 Å². The lowest BCUT2D eigenvalue weighted by Crippen LogP contribution is -1.99. The highest BCUT2D eigenvalue weighted by Gasteiger charge is 2.13. The van der Waals surface area contributed by atoms with Crippen LogP contribution in [-0.4, -0.2) is 29.7 Å². The summed E-state index contributed by atoms with van der Waals surface area (Å²) in [6.07, 6.45) is 4.73. The molecule has 0 spiro atoms. The first-order chi connectivity index (χ1) is 11.7. The number of alkyl halides is 2. The lowest BCUT2D eigenvalue weighted by molar-refractivity contribution is 0.145. The van der Waals surface area contributed by atoms with E-state index in [0.29, 0.717) is 11.5 Å². The fraction of sp³-hybridized carbons (Fsp3) is 0.0625. The molecule has 4 rings (SSSR count). The Bertz CT molecular complexity index is 1000. The summed E-state index contributed by atoms with van der Waals surface area (Å²) in [5.41, 5.74) is 1.09. The molecule has 0 saturated carbocycles. The average Bonchev–Trinajstić information content (AvgIpc) is 3.05. The molecule has 4 heterocycles. The summed E-state index contributed by atoms with van der Waals surface area (Å²) in [5.74, 6) is 0.650. The van der Waals surface area contributed by atoms with Crippen LogP contribution in [0.15, 0.2) is 55.2 Å². The Kier molecular flexibility index (Phi) is 3.42. The molecule has 6 nitrogen and oxygen atoms in total. The molecule has 0 amide bonds. The molecule has 0 aromatic carbocycles. The van der Waals surface area contributed by atoms with Crippen LogP contribution >= 0.6 is 0 Å². The van der Waals surface area contributed by atoms with E-state index < -0.39 is 6.43 Å². The Hall–Kier alpha value is -3.29. The molecule has 0 saturated heterocycles. The maximum atomic E-state index is 12.8. The summed E-state index contributed by atoms with van der Waals surface area (Å²) in [6.45, 7) is 0. The maximum Gasteiger partial charge on any atom is 0.281 e. The van der Waals surface area contributed by atoms with Crippen LogP contribution in [0.4, 0.5) is 8.78 Å². The van der Waals surface area contributed by atoms with Crippen LogP contribution in [0, 0.1) is 0 Å². The van der Waals surface area contributed by atoms with Crippen molar-refractivity contribution >= 4 is 10.9 Å². The van der Waals surface area contributed by atoms with Crippen molar-refractivity contribution in [2.45, 2.75) is 6.43 Å². The zero-order valence-electron chi connectivity index (χ0n) is 12.2. The summed E-state index contributed by atoms with van der Waals surface area (Å²) < 4.78 is 27.3. The van der Waals surface area contributed by atoms with Crippen molar-refractivity contribution in [3.63, 3.8) is 0 Å². The Labute approximate surface area is 134 Å². The number of pyridine rings is 2. The molecule has 4 aromatic heterocycles. The van der Waals surface area contributed by atoms with Crippen molar-refractivity contribution in [1.82, 2.24) is 29.7 Å². The molecule has 8 heteroatoms. The molecule has 4 aromatic rings. The minimum Gasteiger partial charge on any atom is -0.260 e. The first kappa shape index (κ1) is 14.3. The predicted molar refractivity (Wildman–Crippen MR) is 82.6 cm³/mol. The summed E-state index contributed by atoms with van der Waals surface area (Å²) in [7, 11) is 0. The highest BCUT2D eigenvalue weighted by molar-refractivity contribution is 5.82. The van der Waals surface area contributed by atoms with E-state index in [-0.39, 0.29) is 11.4 Å². The highest BCUT2D eigenvalue weighted by Crippen LogP contribution is 2.23. The average molecular weight is 324 g/mol. The molecule has 0 N–H and O–H groups in total. The molecule has 0 bridgehead atoms. The van der Waals surface area contributed by atoms with Crippen molar-refractivity contribution in [2.24, 2.45) is 0 Å². The predicted octanol–water partition coefficient (Wildman–Crippen LogP) is 3.21. The van der Waals surface area contributed by atoms with E-state index in [9.17, 15) is 8.78 Å². The highest BCUT2D eigenvalue weighted by atomic mass is 19.3. The summed E-state index contributed by atoms with van der Waals surface area (Å²) in [6, 6.07) is 7.23. The fourth-order valence-corrected chi connectivity index (χ4v) is 2.33. The van der Waals surface area contributed by atoms with Crippen molar-refractivity contribution in [1.29, 1.82) is 0 Å². The normalized spacial score (nSPS) is 11.3. The molecular weight excluding hydrogens is 314 g/mol. The topological polar surface area (TPSA) is 69.4 Å². The number of hydrogen-bond donors (Lipinski definition) is 0. The van der Waals surface area contributed by atoms with Crippen molar-refractivity contribution in [2.75, 3.05) is 0 Å². The lowest BCUT2D eigenvalue weighted by Gasteiger charge is -2.05. The van der Waals surface area contributed by atoms with Crippen LogP contribution in [0.25, 0.3) is 28.1 Å². The van der Waals surface area contributed by atoms with Crippen molar-refractivity contribution in [3.05, 3.63) is 60.9 Å². The van der Waals surface area contributed by atoms with E-state index in [4.69, 9.17) is 0 Å². The summed E-state index contributed by atoms with van der Waals surface area (Å²) in [5, 5.41) is 5.11. The largest absolute Gasteiger partial charge is 0.281 e. The second kappa shape index (κ2) is 5.73. The third kappa shape index (κ3) is 2.47. The summed E-state index contributed by atoms with van der Waals surface area (Å²) in [4.78, 5) is 16.3. The van der Waals surface area contributed by atoms with Gasteiger partial charge in [-0.2, -0.15) is 5.10 Å². The molecule has 0 aliphatic carbocycles. The van der Waals surface area contributed by atoms with E-state index in [1.807, 2.05) is 18.2 Å². The van der Waals surface area contributed by atoms with Gasteiger partial charge in [-0.3, -0.25) is 9.97 Å². The number of rotatable bonds is 3. The molecule has 0 radical (unpaired) electrons. The van der Waals surface area contributed by atoms with Crippen LogP contribution < -0.4 is 0 Å². The van der Waals surface area contributed by atoms with Gasteiger partial charge in [0.25, 0.3) is 6.43 Å². The van der Waals surface area contributed by atoms with Gasteiger partial charge in [0.2, 0.25) is 0 Å². The van der Waals surface area contributed by atoms with E-state index >= 15 is 0 Å². The van der Waals surface area contributed by atoms with Gasteiger partial charge in [0, 0.05) is 17.8 Å². The minimum absolute atomic E-state index is 0.281. The smallest absolute Gasteiger partial charge is 0.260 e. The van der Waals surface area contributed by atoms with Crippen LogP contribution in [0.5, 0.6) is 0 Å².